The van der Waals surface area contributed by atoms with E-state index in [4.69, 9.17) is 28.9 Å². The summed E-state index contributed by atoms with van der Waals surface area (Å²) in [6.45, 7) is 7.98. The van der Waals surface area contributed by atoms with Gasteiger partial charge in [0.15, 0.2) is 0 Å². The second-order valence-corrected chi connectivity index (χ2v) is 10.3. The van der Waals surface area contributed by atoms with E-state index in [1.54, 1.807) is 24.3 Å². The van der Waals surface area contributed by atoms with Crippen LogP contribution in [0.5, 0.6) is 0 Å². The minimum atomic E-state index is -1.26. The monoisotopic (exact) mass is 479 g/mol. The number of halogens is 3. The van der Waals surface area contributed by atoms with E-state index in [2.05, 4.69) is 10.6 Å². The highest BCUT2D eigenvalue weighted by atomic mass is 35.5. The molecule has 3 rings (SSSR count). The van der Waals surface area contributed by atoms with Crippen molar-refractivity contribution in [3.63, 3.8) is 0 Å². The van der Waals surface area contributed by atoms with E-state index in [1.165, 1.54) is 12.1 Å². The van der Waals surface area contributed by atoms with Gasteiger partial charge in [0.2, 0.25) is 11.8 Å². The number of fused-ring (bicyclic) bond motifs is 2. The van der Waals surface area contributed by atoms with Gasteiger partial charge >= 0.3 is 0 Å². The summed E-state index contributed by atoms with van der Waals surface area (Å²) in [5.74, 6) is -2.25. The second kappa shape index (κ2) is 9.00. The third-order valence-electron chi connectivity index (χ3n) is 5.98. The Kier molecular flexibility index (Phi) is 6.89. The van der Waals surface area contributed by atoms with Crippen molar-refractivity contribution in [2.24, 2.45) is 17.1 Å². The van der Waals surface area contributed by atoms with Crippen molar-refractivity contribution in [1.82, 2.24) is 5.32 Å². The van der Waals surface area contributed by atoms with Crippen LogP contribution in [0.1, 0.15) is 39.7 Å². The normalized spacial score (nSPS) is 28.2. The van der Waals surface area contributed by atoms with Crippen molar-refractivity contribution in [2.75, 3.05) is 5.32 Å². The predicted octanol–water partition coefficient (Wildman–Crippen LogP) is 4.80. The number of anilines is 1. The molecule has 8 heteroatoms. The molecule has 2 aliphatic heterocycles. The molecule has 0 saturated carbocycles. The number of nitrogens with one attached hydrogen (secondary N) is 2. The number of hydrogen-bond donors (Lipinski definition) is 3. The van der Waals surface area contributed by atoms with E-state index < -0.39 is 35.1 Å². The van der Waals surface area contributed by atoms with Gasteiger partial charge in [-0.25, -0.2) is 4.39 Å². The quantitative estimate of drug-likeness (QED) is 0.530. The number of carbonyl (C=O) groups excluding carboxylic acids is 2. The third-order valence-corrected chi connectivity index (χ3v) is 6.52. The van der Waals surface area contributed by atoms with E-state index in [0.29, 0.717) is 22.7 Å². The van der Waals surface area contributed by atoms with Gasteiger partial charge in [0.25, 0.3) is 0 Å². The van der Waals surface area contributed by atoms with Crippen LogP contribution < -0.4 is 16.4 Å². The molecular formula is C24H28Cl2FN3O2. The van der Waals surface area contributed by atoms with Gasteiger partial charge in [-0.3, -0.25) is 9.59 Å². The maximum Gasteiger partial charge on any atom is 0.237 e. The van der Waals surface area contributed by atoms with Gasteiger partial charge in [-0.15, -0.1) is 0 Å². The van der Waals surface area contributed by atoms with E-state index in [0.717, 1.165) is 0 Å². The molecule has 4 atom stereocenters. The molecule has 4 N–H and O–H groups in total. The van der Waals surface area contributed by atoms with Crippen LogP contribution in [0.2, 0.25) is 5.02 Å². The molecule has 1 aromatic rings. The molecule has 1 aromatic carbocycles. The lowest BCUT2D eigenvalue weighted by Crippen LogP contribution is -2.50. The average Bonchev–Trinajstić information content (AvgIpc) is 3.14. The zero-order valence-corrected chi connectivity index (χ0v) is 20.0. The van der Waals surface area contributed by atoms with Gasteiger partial charge in [0.05, 0.1) is 16.5 Å². The van der Waals surface area contributed by atoms with Crippen molar-refractivity contribution in [3.05, 3.63) is 63.9 Å². The largest absolute Gasteiger partial charge is 0.368 e. The molecule has 0 unspecified atom stereocenters. The van der Waals surface area contributed by atoms with E-state index in [9.17, 15) is 14.0 Å². The van der Waals surface area contributed by atoms with Gasteiger partial charge < -0.3 is 16.4 Å². The Labute approximate surface area is 197 Å². The maximum absolute atomic E-state index is 14.6. The number of allylic oxidation sites excluding steroid dienone is 5. The van der Waals surface area contributed by atoms with Crippen molar-refractivity contribution in [1.29, 1.82) is 0 Å². The fourth-order valence-electron chi connectivity index (χ4n) is 4.76. The fourth-order valence-corrected chi connectivity index (χ4v) is 5.07. The van der Waals surface area contributed by atoms with Crippen molar-refractivity contribution >= 4 is 40.7 Å². The van der Waals surface area contributed by atoms with Crippen LogP contribution in [0.4, 0.5) is 10.1 Å². The molecule has 2 amide bonds. The van der Waals surface area contributed by atoms with Crippen LogP contribution in [-0.2, 0) is 15.0 Å². The number of benzene rings is 1. The number of rotatable bonds is 5. The first-order chi connectivity index (χ1) is 14.9. The average molecular weight is 480 g/mol. The standard InChI is InChI=1S/C24H28Cl2FN3O2/c1-5-6-7-13(25)8-9-14-20(21(28)31)30-19(12-23(2,3)4)24(14)15-10-17(27)16(26)11-18(15)29-22(24)32/h5-11,14,19-20,30H,12H2,1-4H3,(H2,28,31)(H,29,32)/b6-5-,9-8+,13-7+/t14-,19+,20+,24-/m0/s1. The number of nitrogens with two attached hydrogens (primary N) is 1. The maximum atomic E-state index is 14.6. The molecule has 0 bridgehead atoms. The van der Waals surface area contributed by atoms with Gasteiger partial charge in [-0.05, 0) is 48.6 Å². The predicted molar refractivity (Wildman–Crippen MR) is 127 cm³/mol. The highest BCUT2D eigenvalue weighted by Crippen LogP contribution is 2.53. The van der Waals surface area contributed by atoms with E-state index in [-0.39, 0.29) is 16.3 Å². The van der Waals surface area contributed by atoms with Gasteiger partial charge in [-0.2, -0.15) is 0 Å². The lowest BCUT2D eigenvalue weighted by molar-refractivity contribution is -0.123. The minimum Gasteiger partial charge on any atom is -0.368 e. The number of amides is 2. The Balaban J connectivity index is 2.25. The molecule has 1 spiro atoms. The highest BCUT2D eigenvalue weighted by Gasteiger charge is 2.64. The van der Waals surface area contributed by atoms with Gasteiger partial charge in [0.1, 0.15) is 5.82 Å². The smallest absolute Gasteiger partial charge is 0.237 e. The van der Waals surface area contributed by atoms with Crippen molar-refractivity contribution in [2.45, 2.75) is 51.6 Å². The number of primary amides is 1. The first-order valence-corrected chi connectivity index (χ1v) is 11.2. The fraction of sp³-hybridized carbons (Fsp3) is 0.417. The van der Waals surface area contributed by atoms with Crippen molar-refractivity contribution in [3.8, 4) is 0 Å². The Morgan fingerprint density at radius 3 is 2.62 bits per heavy atom. The number of carbonyl (C=O) groups is 2. The minimum absolute atomic E-state index is 0.0877. The molecule has 32 heavy (non-hydrogen) atoms. The zero-order chi connectivity index (χ0) is 23.8. The SMILES string of the molecule is C\C=C/C=C(Cl)\C=C\[C@H]1[C@H](C(N)=O)N[C@H](CC(C)(C)C)[C@]12C(=O)Nc1cc(Cl)c(F)cc12. The van der Waals surface area contributed by atoms with Crippen LogP contribution >= 0.6 is 23.2 Å². The third kappa shape index (κ3) is 4.36. The molecular weight excluding hydrogens is 452 g/mol. The molecule has 1 saturated heterocycles. The molecule has 2 heterocycles. The first kappa shape index (κ1) is 24.5. The van der Waals surface area contributed by atoms with Crippen LogP contribution in [0, 0.1) is 17.2 Å². The Morgan fingerprint density at radius 1 is 1.34 bits per heavy atom. The summed E-state index contributed by atoms with van der Waals surface area (Å²) in [5, 5.41) is 6.46. The van der Waals surface area contributed by atoms with Crippen LogP contribution in [-0.4, -0.2) is 23.9 Å². The second-order valence-electron chi connectivity index (χ2n) is 9.46. The summed E-state index contributed by atoms with van der Waals surface area (Å²) in [5.41, 5.74) is 5.18. The molecule has 1 fully saturated rings. The molecule has 2 aliphatic rings. The molecule has 0 aromatic heterocycles. The van der Waals surface area contributed by atoms with E-state index >= 15 is 0 Å². The van der Waals surface area contributed by atoms with E-state index in [1.807, 2.05) is 33.8 Å². The summed E-state index contributed by atoms with van der Waals surface area (Å²) in [7, 11) is 0. The lowest BCUT2D eigenvalue weighted by atomic mass is 9.64. The summed E-state index contributed by atoms with van der Waals surface area (Å²) < 4.78 is 14.6. The molecule has 172 valence electrons. The Morgan fingerprint density at radius 2 is 2.03 bits per heavy atom. The van der Waals surface area contributed by atoms with Gasteiger partial charge in [-0.1, -0.05) is 62.2 Å². The van der Waals surface area contributed by atoms with Crippen LogP contribution in [0.15, 0.2) is 47.5 Å². The highest BCUT2D eigenvalue weighted by molar-refractivity contribution is 6.31. The van der Waals surface area contributed by atoms with Crippen LogP contribution in [0.3, 0.4) is 0 Å². The zero-order valence-electron chi connectivity index (χ0n) is 18.5. The summed E-state index contributed by atoms with van der Waals surface area (Å²) in [4.78, 5) is 26.1. The molecule has 5 nitrogen and oxygen atoms in total. The van der Waals surface area contributed by atoms with Crippen molar-refractivity contribution < 1.29 is 14.0 Å². The first-order valence-electron chi connectivity index (χ1n) is 10.4. The van der Waals surface area contributed by atoms with Crippen LogP contribution in [0.25, 0.3) is 0 Å². The number of hydrogen-bond acceptors (Lipinski definition) is 3. The topological polar surface area (TPSA) is 84.2 Å². The summed E-state index contributed by atoms with van der Waals surface area (Å²) >= 11 is 12.3. The lowest BCUT2D eigenvalue weighted by Gasteiger charge is -2.36. The Bertz CT molecular complexity index is 1030. The summed E-state index contributed by atoms with van der Waals surface area (Å²) in [6.07, 6.45) is 9.20. The van der Waals surface area contributed by atoms with Gasteiger partial charge in [0, 0.05) is 22.7 Å². The Hall–Kier alpha value is -2.15. The summed E-state index contributed by atoms with van der Waals surface area (Å²) in [6, 6.07) is 1.37. The molecule has 0 aliphatic carbocycles. The molecule has 0 radical (unpaired) electrons.